The molecule has 2 bridgehead atoms. The third-order valence-electron chi connectivity index (χ3n) is 3.37. The normalized spacial score (nSPS) is 32.2. The molecule has 0 heterocycles. The highest BCUT2D eigenvalue weighted by Gasteiger charge is 2.39. The minimum atomic E-state index is 0.214. The number of ether oxygens (including phenoxy) is 1. The van der Waals surface area contributed by atoms with Gasteiger partial charge in [-0.05, 0) is 31.6 Å². The summed E-state index contributed by atoms with van der Waals surface area (Å²) in [5, 5.41) is 2.95. The fourth-order valence-corrected chi connectivity index (χ4v) is 2.60. The monoisotopic (exact) mass is 209 g/mol. The molecule has 2 rings (SSSR count). The van der Waals surface area contributed by atoms with Gasteiger partial charge < -0.3 is 10.1 Å². The molecule has 2 aliphatic carbocycles. The Morgan fingerprint density at radius 2 is 2.33 bits per heavy atom. The highest BCUT2D eigenvalue weighted by atomic mass is 16.5. The lowest BCUT2D eigenvalue weighted by Crippen LogP contribution is -2.34. The van der Waals surface area contributed by atoms with Crippen molar-refractivity contribution in [1.29, 1.82) is 0 Å². The summed E-state index contributed by atoms with van der Waals surface area (Å²) in [6.45, 7) is 3.94. The summed E-state index contributed by atoms with van der Waals surface area (Å²) in [5.74, 6) is 1.60. The summed E-state index contributed by atoms with van der Waals surface area (Å²) in [5.41, 5.74) is 0. The number of carbonyl (C=O) groups excluding carboxylic acids is 1. The summed E-state index contributed by atoms with van der Waals surface area (Å²) in [7, 11) is 0. The SMILES string of the molecule is CCOCCNC(=O)C1CC2C=CC1C2. The van der Waals surface area contributed by atoms with E-state index in [1.807, 2.05) is 6.92 Å². The van der Waals surface area contributed by atoms with Crippen LogP contribution in [-0.2, 0) is 9.53 Å². The molecule has 3 unspecified atom stereocenters. The molecule has 1 N–H and O–H groups in total. The van der Waals surface area contributed by atoms with Crippen molar-refractivity contribution < 1.29 is 9.53 Å². The molecule has 3 heteroatoms. The van der Waals surface area contributed by atoms with E-state index < -0.39 is 0 Å². The Bertz CT molecular complexity index is 262. The van der Waals surface area contributed by atoms with Gasteiger partial charge in [0.05, 0.1) is 6.61 Å². The second-order valence-corrected chi connectivity index (χ2v) is 4.37. The van der Waals surface area contributed by atoms with Crippen LogP contribution in [0.5, 0.6) is 0 Å². The first-order chi connectivity index (χ1) is 7.31. The predicted molar refractivity (Wildman–Crippen MR) is 58.3 cm³/mol. The van der Waals surface area contributed by atoms with E-state index in [-0.39, 0.29) is 11.8 Å². The smallest absolute Gasteiger partial charge is 0.223 e. The van der Waals surface area contributed by atoms with Gasteiger partial charge in [-0.2, -0.15) is 0 Å². The molecule has 15 heavy (non-hydrogen) atoms. The van der Waals surface area contributed by atoms with Crippen LogP contribution in [-0.4, -0.2) is 25.7 Å². The molecule has 3 atom stereocenters. The van der Waals surface area contributed by atoms with Crippen LogP contribution in [0.2, 0.25) is 0 Å². The third kappa shape index (κ3) is 2.40. The van der Waals surface area contributed by atoms with Gasteiger partial charge >= 0.3 is 0 Å². The fourth-order valence-electron chi connectivity index (χ4n) is 2.60. The zero-order valence-corrected chi connectivity index (χ0v) is 9.24. The summed E-state index contributed by atoms with van der Waals surface area (Å²) < 4.78 is 5.18. The number of hydrogen-bond donors (Lipinski definition) is 1. The molecule has 0 aromatic rings. The van der Waals surface area contributed by atoms with Gasteiger partial charge in [-0.25, -0.2) is 0 Å². The second kappa shape index (κ2) is 4.79. The van der Waals surface area contributed by atoms with Gasteiger partial charge in [-0.3, -0.25) is 4.79 Å². The van der Waals surface area contributed by atoms with Crippen molar-refractivity contribution >= 4 is 5.91 Å². The number of hydrogen-bond acceptors (Lipinski definition) is 2. The molecule has 0 aromatic carbocycles. The largest absolute Gasteiger partial charge is 0.380 e. The summed E-state index contributed by atoms with van der Waals surface area (Å²) in [6, 6.07) is 0. The number of fused-ring (bicyclic) bond motifs is 2. The van der Waals surface area contributed by atoms with Crippen LogP contribution in [0.3, 0.4) is 0 Å². The Hall–Kier alpha value is -0.830. The molecule has 0 saturated heterocycles. The van der Waals surface area contributed by atoms with E-state index in [2.05, 4.69) is 17.5 Å². The summed E-state index contributed by atoms with van der Waals surface area (Å²) in [6.07, 6.45) is 6.70. The minimum Gasteiger partial charge on any atom is -0.380 e. The Labute approximate surface area is 90.9 Å². The maximum atomic E-state index is 11.8. The predicted octanol–water partition coefficient (Wildman–Crippen LogP) is 1.35. The molecule has 84 valence electrons. The molecule has 1 fully saturated rings. The third-order valence-corrected chi connectivity index (χ3v) is 3.37. The highest BCUT2D eigenvalue weighted by molar-refractivity contribution is 5.79. The van der Waals surface area contributed by atoms with Crippen LogP contribution in [0.4, 0.5) is 0 Å². The molecule has 0 aromatic heterocycles. The van der Waals surface area contributed by atoms with Crippen LogP contribution in [0.15, 0.2) is 12.2 Å². The van der Waals surface area contributed by atoms with E-state index in [0.29, 0.717) is 31.6 Å². The molecule has 3 nitrogen and oxygen atoms in total. The Morgan fingerprint density at radius 3 is 2.93 bits per heavy atom. The number of rotatable bonds is 5. The van der Waals surface area contributed by atoms with Gasteiger partial charge in [0, 0.05) is 19.1 Å². The van der Waals surface area contributed by atoms with Crippen molar-refractivity contribution in [3.05, 3.63) is 12.2 Å². The van der Waals surface area contributed by atoms with E-state index >= 15 is 0 Å². The van der Waals surface area contributed by atoms with Crippen molar-refractivity contribution in [2.24, 2.45) is 17.8 Å². The number of nitrogens with one attached hydrogen (secondary N) is 1. The van der Waals surface area contributed by atoms with Crippen molar-refractivity contribution in [2.75, 3.05) is 19.8 Å². The number of carbonyl (C=O) groups is 1. The fraction of sp³-hybridized carbons (Fsp3) is 0.750. The molecular weight excluding hydrogens is 190 g/mol. The number of amides is 1. The molecule has 0 radical (unpaired) electrons. The average molecular weight is 209 g/mol. The van der Waals surface area contributed by atoms with E-state index in [4.69, 9.17) is 4.74 Å². The quantitative estimate of drug-likeness (QED) is 0.548. The van der Waals surface area contributed by atoms with Crippen molar-refractivity contribution in [1.82, 2.24) is 5.32 Å². The van der Waals surface area contributed by atoms with Gasteiger partial charge in [0.1, 0.15) is 0 Å². The first-order valence-electron chi connectivity index (χ1n) is 5.85. The Kier molecular flexibility index (Phi) is 3.41. The first-order valence-corrected chi connectivity index (χ1v) is 5.85. The summed E-state index contributed by atoms with van der Waals surface area (Å²) >= 11 is 0. The molecule has 2 aliphatic rings. The average Bonchev–Trinajstić information content (AvgIpc) is 2.85. The summed E-state index contributed by atoms with van der Waals surface area (Å²) in [4.78, 5) is 11.8. The standard InChI is InChI=1S/C12H19NO2/c1-2-15-6-5-13-12(14)11-8-9-3-4-10(11)7-9/h3-4,9-11H,2,5-8H2,1H3,(H,13,14). The van der Waals surface area contributed by atoms with Crippen molar-refractivity contribution in [3.63, 3.8) is 0 Å². The van der Waals surface area contributed by atoms with Gasteiger partial charge in [-0.1, -0.05) is 12.2 Å². The van der Waals surface area contributed by atoms with E-state index in [1.54, 1.807) is 0 Å². The van der Waals surface area contributed by atoms with Crippen LogP contribution < -0.4 is 5.32 Å². The maximum Gasteiger partial charge on any atom is 0.223 e. The molecule has 1 saturated carbocycles. The van der Waals surface area contributed by atoms with Crippen LogP contribution in [0, 0.1) is 17.8 Å². The highest BCUT2D eigenvalue weighted by Crippen LogP contribution is 2.43. The lowest BCUT2D eigenvalue weighted by Gasteiger charge is -2.17. The van der Waals surface area contributed by atoms with Gasteiger partial charge in [-0.15, -0.1) is 0 Å². The van der Waals surface area contributed by atoms with Crippen LogP contribution in [0.25, 0.3) is 0 Å². The lowest BCUT2D eigenvalue weighted by molar-refractivity contribution is -0.125. The number of allylic oxidation sites excluding steroid dienone is 2. The zero-order valence-electron chi connectivity index (χ0n) is 9.24. The Balaban J connectivity index is 1.70. The first kappa shape index (κ1) is 10.7. The van der Waals surface area contributed by atoms with Gasteiger partial charge in [0.2, 0.25) is 5.91 Å². The van der Waals surface area contributed by atoms with Gasteiger partial charge in [0.25, 0.3) is 0 Å². The molecule has 0 spiro atoms. The van der Waals surface area contributed by atoms with E-state index in [9.17, 15) is 4.79 Å². The van der Waals surface area contributed by atoms with Crippen molar-refractivity contribution in [3.8, 4) is 0 Å². The minimum absolute atomic E-state index is 0.214. The lowest BCUT2D eigenvalue weighted by atomic mass is 9.93. The second-order valence-electron chi connectivity index (χ2n) is 4.37. The Morgan fingerprint density at radius 1 is 1.47 bits per heavy atom. The molecule has 1 amide bonds. The molecule has 0 aliphatic heterocycles. The van der Waals surface area contributed by atoms with Crippen LogP contribution >= 0.6 is 0 Å². The molecular formula is C12H19NO2. The van der Waals surface area contributed by atoms with Crippen LogP contribution in [0.1, 0.15) is 19.8 Å². The van der Waals surface area contributed by atoms with E-state index in [1.165, 1.54) is 6.42 Å². The van der Waals surface area contributed by atoms with Gasteiger partial charge in [0.15, 0.2) is 0 Å². The zero-order chi connectivity index (χ0) is 10.7. The van der Waals surface area contributed by atoms with E-state index in [0.717, 1.165) is 6.42 Å². The van der Waals surface area contributed by atoms with Crippen molar-refractivity contribution in [2.45, 2.75) is 19.8 Å². The topological polar surface area (TPSA) is 38.3 Å². The maximum absolute atomic E-state index is 11.8.